The van der Waals surface area contributed by atoms with Gasteiger partial charge in [0.15, 0.2) is 0 Å². The zero-order valence-electron chi connectivity index (χ0n) is 57.5. The molecule has 4 aliphatic rings. The molecule has 0 amide bonds. The van der Waals surface area contributed by atoms with Gasteiger partial charge in [0.05, 0.1) is 22.8 Å². The summed E-state index contributed by atoms with van der Waals surface area (Å²) in [5, 5.41) is 0. The van der Waals surface area contributed by atoms with Crippen LogP contribution in [0.1, 0.15) is 190 Å². The fraction of sp³-hybridized carbons (Fsp3) is 0.279. The fourth-order valence-electron chi connectivity index (χ4n) is 13.5. The first kappa shape index (κ1) is 61.7. The molecule has 14 rings (SSSR count). The van der Waals surface area contributed by atoms with Crippen molar-refractivity contribution in [3.05, 3.63) is 237 Å². The van der Waals surface area contributed by atoms with E-state index in [1.54, 1.807) is 0 Å². The lowest BCUT2D eigenvalue weighted by molar-refractivity contribution is 0.543. The van der Waals surface area contributed by atoms with Crippen LogP contribution < -0.4 is 0 Å². The standard InChI is InChI=1S/C86H86N8/c1-81(2,3)57-39-55(40-58(43-57)82(4,5)6)79-69-33-29-63(89-69)47-75-85(13,14)49-65(91-75)45-61-27-31-67(87-61)77(71-35-37-73(79)93-71)53-23-19-51(20-24-53)17-18-52-21-25-54(26-22-52)78-68-32-28-62(88-68)46-66-50-86(15,16)76(92-66)48-64-30-34-70(90-64)80(74-38-36-72(78)94-74)56-41-59(83(7,8)9)44-60(42-56)84(10,11)12/h19-48,87-90H,49-50H2,1-16H3/i75+1. The first-order valence-corrected chi connectivity index (χ1v) is 33.3. The second-order valence-corrected chi connectivity index (χ2v) is 31.9. The number of nitrogens with one attached hydrogen (secondary N) is 4. The van der Waals surface area contributed by atoms with Crippen LogP contribution in [0.4, 0.5) is 0 Å². The average Bonchev–Trinajstić information content (AvgIpc) is 1.52. The lowest BCUT2D eigenvalue weighted by Gasteiger charge is -2.26. The van der Waals surface area contributed by atoms with Crippen molar-refractivity contribution in [3.8, 4) is 56.3 Å². The average molecular weight is 1230 g/mol. The summed E-state index contributed by atoms with van der Waals surface area (Å²) in [4.78, 5) is 37.0. The molecule has 0 atom stereocenters. The molecule has 94 heavy (non-hydrogen) atoms. The zero-order chi connectivity index (χ0) is 66.0. The van der Waals surface area contributed by atoms with Crippen LogP contribution in [0.5, 0.6) is 0 Å². The van der Waals surface area contributed by atoms with Gasteiger partial charge < -0.3 is 19.9 Å². The molecular formula is C86H86N8. The monoisotopic (exact) mass is 1230 g/mol. The molecule has 0 fully saturated rings. The normalized spacial score (nSPS) is 14.5. The van der Waals surface area contributed by atoms with Crippen molar-refractivity contribution in [2.24, 2.45) is 0 Å². The highest BCUT2D eigenvalue weighted by Crippen LogP contribution is 2.43. The van der Waals surface area contributed by atoms with Crippen LogP contribution >= 0.6 is 0 Å². The van der Waals surface area contributed by atoms with Gasteiger partial charge in [0.2, 0.25) is 0 Å². The Kier molecular flexibility index (Phi) is 14.7. The third kappa shape index (κ3) is 12.1. The predicted molar refractivity (Wildman–Crippen MR) is 396 cm³/mol. The molecule has 0 aliphatic carbocycles. The summed E-state index contributed by atoms with van der Waals surface area (Å²) in [6.45, 7) is 36.7. The molecular weight excluding hydrogens is 1150 g/mol. The van der Waals surface area contributed by atoms with Crippen LogP contribution in [-0.4, -0.2) is 39.9 Å². The maximum absolute atomic E-state index is 5.60. The van der Waals surface area contributed by atoms with Gasteiger partial charge in [-0.25, -0.2) is 9.97 Å². The second kappa shape index (κ2) is 22.4. The van der Waals surface area contributed by atoms with E-state index in [0.29, 0.717) is 0 Å². The number of H-pyrrole nitrogens is 4. The van der Waals surface area contributed by atoms with Crippen molar-refractivity contribution in [2.75, 3.05) is 0 Å². The van der Waals surface area contributed by atoms with Gasteiger partial charge in [-0.1, -0.05) is 183 Å². The van der Waals surface area contributed by atoms with E-state index in [0.717, 1.165) is 158 Å². The van der Waals surface area contributed by atoms with Crippen molar-refractivity contribution in [1.82, 2.24) is 39.9 Å². The van der Waals surface area contributed by atoms with Crippen LogP contribution in [0.25, 0.3) is 113 Å². The van der Waals surface area contributed by atoms with Crippen LogP contribution in [-0.2, 0) is 45.3 Å². The Morgan fingerprint density at radius 2 is 0.585 bits per heavy atom. The second-order valence-electron chi connectivity index (χ2n) is 31.9. The van der Waals surface area contributed by atoms with Gasteiger partial charge in [-0.05, 0) is 188 Å². The molecule has 0 unspecified atom stereocenters. The molecule has 8 nitrogen and oxygen atoms in total. The van der Waals surface area contributed by atoms with Crippen LogP contribution in [0, 0.1) is 11.8 Å². The highest BCUT2D eigenvalue weighted by Gasteiger charge is 2.31. The molecule has 10 heterocycles. The Labute approximate surface area is 554 Å². The van der Waals surface area contributed by atoms with Crippen LogP contribution in [0.2, 0.25) is 0 Å². The number of aromatic amines is 4. The molecule has 10 aromatic rings. The third-order valence-electron chi connectivity index (χ3n) is 19.2. The van der Waals surface area contributed by atoms with E-state index >= 15 is 0 Å². The van der Waals surface area contributed by atoms with Crippen molar-refractivity contribution >= 4 is 68.4 Å². The largest absolute Gasteiger partial charge is 0.355 e. The molecule has 0 saturated heterocycles. The summed E-state index contributed by atoms with van der Waals surface area (Å²) in [5.41, 5.74) is 30.6. The third-order valence-corrected chi connectivity index (χ3v) is 19.2. The van der Waals surface area contributed by atoms with Gasteiger partial charge in [0.25, 0.3) is 0 Å². The number of nitrogens with zero attached hydrogens (tertiary/aromatic N) is 4. The SMILES string of the molecule is CC(C)(C)c1cc(-c2c3nc(c(-c4ccc(C#Cc5ccc(-c6c7nc(c(-c8cc(C(C)(C)C)cc(C(C)(C)C)c8)c8ccc(c[13c]9nc(cc%10ccc6[nH]%10)CC9(C)C)[nH]8)C=C7)cc5)cc4)c4ccc(cc5nc(cc6ccc2[nH]6)C(C)(C)C5)[nH]4)C=C3)cc(C(C)(C)C)c1. The number of hydrogen-bond donors (Lipinski definition) is 4. The van der Waals surface area contributed by atoms with Gasteiger partial charge in [0, 0.05) is 124 Å². The Hall–Kier alpha value is -9.84. The Morgan fingerprint density at radius 3 is 0.872 bits per heavy atom. The molecule has 16 bridgehead atoms. The van der Waals surface area contributed by atoms with Crippen molar-refractivity contribution in [3.63, 3.8) is 0 Å². The highest BCUT2D eigenvalue weighted by atomic mass is 15.0. The van der Waals surface area contributed by atoms with E-state index in [9.17, 15) is 0 Å². The summed E-state index contributed by atoms with van der Waals surface area (Å²) in [5.74, 6) is 7.04. The first-order chi connectivity index (χ1) is 44.4. The Morgan fingerprint density at radius 1 is 0.309 bits per heavy atom. The molecule has 6 aromatic heterocycles. The Balaban J connectivity index is 0.873. The predicted octanol–water partition coefficient (Wildman–Crippen LogP) is 21.6. The molecule has 0 spiro atoms. The van der Waals surface area contributed by atoms with E-state index in [1.165, 1.54) is 22.3 Å². The first-order valence-electron chi connectivity index (χ1n) is 33.3. The lowest BCUT2D eigenvalue weighted by atomic mass is 9.78. The molecule has 0 radical (unpaired) electrons. The van der Waals surface area contributed by atoms with Gasteiger partial charge in [-0.2, -0.15) is 0 Å². The minimum atomic E-state index is -0.141. The summed E-state index contributed by atoms with van der Waals surface area (Å²) >= 11 is 0. The van der Waals surface area contributed by atoms with E-state index in [2.05, 4.69) is 325 Å². The molecule has 0 saturated carbocycles. The minimum Gasteiger partial charge on any atom is -0.355 e. The number of benzene rings is 4. The van der Waals surface area contributed by atoms with E-state index < -0.39 is 0 Å². The van der Waals surface area contributed by atoms with E-state index in [4.69, 9.17) is 19.9 Å². The topological polar surface area (TPSA) is 115 Å². The van der Waals surface area contributed by atoms with Crippen molar-refractivity contribution < 1.29 is 0 Å². The number of aromatic nitrogens is 8. The zero-order valence-corrected chi connectivity index (χ0v) is 57.5. The van der Waals surface area contributed by atoms with Gasteiger partial charge in [-0.15, -0.1) is 0 Å². The molecule has 8 heteroatoms. The Bertz CT molecular complexity index is 4830. The summed E-state index contributed by atoms with van der Waals surface area (Å²) in [6.07, 6.45) is 10.4. The van der Waals surface area contributed by atoms with Crippen molar-refractivity contribution in [1.29, 1.82) is 0 Å². The summed E-state index contributed by atoms with van der Waals surface area (Å²) in [6, 6.07) is 57.7. The smallest absolute Gasteiger partial charge is 0.0737 e. The molecule has 4 aromatic carbocycles. The number of rotatable bonds is 4. The lowest BCUT2D eigenvalue weighted by Crippen LogP contribution is -2.16. The van der Waals surface area contributed by atoms with Crippen molar-refractivity contribution in [2.45, 2.75) is 156 Å². The highest BCUT2D eigenvalue weighted by molar-refractivity contribution is 5.98. The van der Waals surface area contributed by atoms with E-state index in [-0.39, 0.29) is 32.5 Å². The van der Waals surface area contributed by atoms with Crippen LogP contribution in [0.3, 0.4) is 0 Å². The maximum atomic E-state index is 5.60. The maximum Gasteiger partial charge on any atom is 0.0737 e. The van der Waals surface area contributed by atoms with E-state index in [1.807, 2.05) is 0 Å². The molecule has 470 valence electrons. The van der Waals surface area contributed by atoms with Gasteiger partial charge in [0.1, 0.15) is 0 Å². The quantitative estimate of drug-likeness (QED) is 0.131. The summed E-state index contributed by atoms with van der Waals surface area (Å²) in [7, 11) is 0. The summed E-state index contributed by atoms with van der Waals surface area (Å²) < 4.78 is 0. The number of hydrogen-bond acceptors (Lipinski definition) is 4. The minimum absolute atomic E-state index is 0.0726. The fourth-order valence-corrected chi connectivity index (χ4v) is 13.5. The number of fused-ring (bicyclic) bond motifs is 16. The van der Waals surface area contributed by atoms with Gasteiger partial charge >= 0.3 is 0 Å². The molecule has 4 N–H and O–H groups in total. The van der Waals surface area contributed by atoms with Crippen LogP contribution in [0.15, 0.2) is 158 Å². The molecule has 4 aliphatic heterocycles. The van der Waals surface area contributed by atoms with Gasteiger partial charge in [-0.3, -0.25) is 9.97 Å².